The summed E-state index contributed by atoms with van der Waals surface area (Å²) in [7, 11) is 0. The molecule has 3 rings (SSSR count). The Morgan fingerprint density at radius 1 is 1.38 bits per heavy atom. The Balaban J connectivity index is 0.00000161. The third-order valence-electron chi connectivity index (χ3n) is 4.77. The van der Waals surface area contributed by atoms with Crippen LogP contribution in [0.3, 0.4) is 0 Å². The van der Waals surface area contributed by atoms with Crippen molar-refractivity contribution in [2.75, 3.05) is 26.2 Å². The van der Waals surface area contributed by atoms with Crippen molar-refractivity contribution in [3.8, 4) is 0 Å². The molecule has 21 heavy (non-hydrogen) atoms. The molecule has 0 aromatic carbocycles. The zero-order valence-electron chi connectivity index (χ0n) is 12.7. The molecule has 0 aliphatic carbocycles. The first-order chi connectivity index (χ1) is 9.60. The molecule has 1 aromatic rings. The summed E-state index contributed by atoms with van der Waals surface area (Å²) in [6, 6.07) is 1.79. The van der Waals surface area contributed by atoms with Crippen molar-refractivity contribution in [2.24, 2.45) is 5.41 Å². The fourth-order valence-corrected chi connectivity index (χ4v) is 3.22. The Hall–Kier alpha value is -1.07. The van der Waals surface area contributed by atoms with E-state index < -0.39 is 0 Å². The minimum absolute atomic E-state index is 0. The summed E-state index contributed by atoms with van der Waals surface area (Å²) in [5.41, 5.74) is 1.28. The highest BCUT2D eigenvalue weighted by Gasteiger charge is 2.38. The van der Waals surface area contributed by atoms with Crippen LogP contribution in [0.2, 0.25) is 0 Å². The normalized spacial score (nSPS) is 20.8. The fraction of sp³-hybridized carbons (Fsp3) is 0.733. The molecule has 2 fully saturated rings. The maximum atomic E-state index is 12.4. The lowest BCUT2D eigenvalue weighted by Crippen LogP contribution is -2.43. The molecule has 6 heteroatoms. The maximum Gasteiger partial charge on any atom is 0.292 e. The lowest BCUT2D eigenvalue weighted by Gasteiger charge is -2.38. The zero-order chi connectivity index (χ0) is 14.2. The number of nitrogens with one attached hydrogen (secondary N) is 1. The molecule has 1 spiro atoms. The Morgan fingerprint density at radius 3 is 2.62 bits per heavy atom. The first-order valence-electron chi connectivity index (χ1n) is 7.56. The number of aromatic nitrogens is 1. The van der Waals surface area contributed by atoms with Gasteiger partial charge in [0.2, 0.25) is 5.76 Å². The Morgan fingerprint density at radius 2 is 2.10 bits per heavy atom. The largest absolute Gasteiger partial charge is 0.351 e. The second kappa shape index (κ2) is 6.36. The second-order valence-corrected chi connectivity index (χ2v) is 6.49. The third kappa shape index (κ3) is 3.24. The minimum atomic E-state index is -0.00907. The summed E-state index contributed by atoms with van der Waals surface area (Å²) < 4.78 is 5.20. The van der Waals surface area contributed by atoms with E-state index in [0.29, 0.717) is 11.2 Å². The number of halogens is 1. The minimum Gasteiger partial charge on any atom is -0.351 e. The van der Waals surface area contributed by atoms with Crippen LogP contribution in [0.1, 0.15) is 55.3 Å². The van der Waals surface area contributed by atoms with E-state index in [-0.39, 0.29) is 24.2 Å². The van der Waals surface area contributed by atoms with Crippen LogP contribution in [-0.4, -0.2) is 42.1 Å². The van der Waals surface area contributed by atoms with E-state index in [9.17, 15) is 4.79 Å². The fourth-order valence-electron chi connectivity index (χ4n) is 3.22. The number of hydrogen-bond acceptors (Lipinski definition) is 4. The highest BCUT2D eigenvalue weighted by Crippen LogP contribution is 2.37. The van der Waals surface area contributed by atoms with Crippen molar-refractivity contribution in [3.05, 3.63) is 17.5 Å². The van der Waals surface area contributed by atoms with Crippen molar-refractivity contribution < 1.29 is 9.32 Å². The van der Waals surface area contributed by atoms with Gasteiger partial charge >= 0.3 is 0 Å². The third-order valence-corrected chi connectivity index (χ3v) is 4.77. The molecule has 1 N–H and O–H groups in total. The van der Waals surface area contributed by atoms with Gasteiger partial charge in [-0.15, -0.1) is 12.4 Å². The molecular formula is C15H24ClN3O2. The predicted molar refractivity (Wildman–Crippen MR) is 82.9 cm³/mol. The van der Waals surface area contributed by atoms with Crippen LogP contribution in [-0.2, 0) is 0 Å². The number of amides is 1. The highest BCUT2D eigenvalue weighted by atomic mass is 35.5. The van der Waals surface area contributed by atoms with Crippen LogP contribution in [0.25, 0.3) is 0 Å². The van der Waals surface area contributed by atoms with E-state index in [4.69, 9.17) is 4.52 Å². The topological polar surface area (TPSA) is 58.4 Å². The maximum absolute atomic E-state index is 12.4. The molecule has 2 aliphatic heterocycles. The SMILES string of the molecule is CC(C)c1cc(C(=O)N2CCC3(CCNC3)CC2)on1.Cl. The summed E-state index contributed by atoms with van der Waals surface area (Å²) in [4.78, 5) is 14.3. The summed E-state index contributed by atoms with van der Waals surface area (Å²) in [6.45, 7) is 7.98. The van der Waals surface area contributed by atoms with Crippen LogP contribution < -0.4 is 5.32 Å². The lowest BCUT2D eigenvalue weighted by molar-refractivity contribution is 0.0568. The van der Waals surface area contributed by atoms with Gasteiger partial charge in [-0.3, -0.25) is 4.79 Å². The standard InChI is InChI=1S/C15H23N3O2.ClH/c1-11(2)12-9-13(20-17-12)14(19)18-7-4-15(5-8-18)3-6-16-10-15;/h9,11,16H,3-8,10H2,1-2H3;1H. The number of nitrogens with zero attached hydrogens (tertiary/aromatic N) is 2. The molecule has 0 bridgehead atoms. The van der Waals surface area contributed by atoms with Crippen LogP contribution >= 0.6 is 12.4 Å². The van der Waals surface area contributed by atoms with Gasteiger partial charge in [-0.25, -0.2) is 0 Å². The van der Waals surface area contributed by atoms with Gasteiger partial charge in [0.15, 0.2) is 0 Å². The van der Waals surface area contributed by atoms with Crippen molar-refractivity contribution >= 4 is 18.3 Å². The Labute approximate surface area is 131 Å². The molecule has 1 amide bonds. The average molecular weight is 314 g/mol. The van der Waals surface area contributed by atoms with Crippen molar-refractivity contribution in [2.45, 2.75) is 39.0 Å². The molecule has 0 saturated carbocycles. The molecule has 5 nitrogen and oxygen atoms in total. The van der Waals surface area contributed by atoms with E-state index in [1.807, 2.05) is 18.7 Å². The van der Waals surface area contributed by atoms with E-state index in [1.54, 1.807) is 6.07 Å². The van der Waals surface area contributed by atoms with E-state index in [0.717, 1.165) is 44.7 Å². The molecule has 118 valence electrons. The van der Waals surface area contributed by atoms with Gasteiger partial charge in [0.25, 0.3) is 5.91 Å². The van der Waals surface area contributed by atoms with Gasteiger partial charge in [0.05, 0.1) is 5.69 Å². The van der Waals surface area contributed by atoms with Crippen LogP contribution in [0.15, 0.2) is 10.6 Å². The number of carbonyl (C=O) groups excluding carboxylic acids is 1. The molecule has 2 saturated heterocycles. The monoisotopic (exact) mass is 313 g/mol. The molecule has 2 aliphatic rings. The van der Waals surface area contributed by atoms with E-state index >= 15 is 0 Å². The quantitative estimate of drug-likeness (QED) is 0.911. The number of hydrogen-bond donors (Lipinski definition) is 1. The number of likely N-dealkylation sites (tertiary alicyclic amines) is 1. The first-order valence-corrected chi connectivity index (χ1v) is 7.56. The second-order valence-electron chi connectivity index (χ2n) is 6.49. The lowest BCUT2D eigenvalue weighted by atomic mass is 9.78. The Kier molecular flexibility index (Phi) is 4.94. The molecule has 1 aromatic heterocycles. The number of piperidine rings is 1. The van der Waals surface area contributed by atoms with E-state index in [1.165, 1.54) is 6.42 Å². The molecule has 0 unspecified atom stereocenters. The highest BCUT2D eigenvalue weighted by molar-refractivity contribution is 5.91. The van der Waals surface area contributed by atoms with Crippen molar-refractivity contribution in [3.63, 3.8) is 0 Å². The molecular weight excluding hydrogens is 290 g/mol. The van der Waals surface area contributed by atoms with Gasteiger partial charge in [-0.05, 0) is 37.1 Å². The van der Waals surface area contributed by atoms with Gasteiger partial charge in [-0.1, -0.05) is 19.0 Å². The number of carbonyl (C=O) groups is 1. The summed E-state index contributed by atoms with van der Waals surface area (Å²) in [6.07, 6.45) is 3.43. The van der Waals surface area contributed by atoms with Gasteiger partial charge in [-0.2, -0.15) is 0 Å². The van der Waals surface area contributed by atoms with Crippen molar-refractivity contribution in [1.29, 1.82) is 0 Å². The van der Waals surface area contributed by atoms with Crippen LogP contribution in [0.4, 0.5) is 0 Å². The summed E-state index contributed by atoms with van der Waals surface area (Å²) >= 11 is 0. The van der Waals surface area contributed by atoms with Crippen LogP contribution in [0, 0.1) is 5.41 Å². The van der Waals surface area contributed by atoms with Gasteiger partial charge in [0.1, 0.15) is 0 Å². The van der Waals surface area contributed by atoms with E-state index in [2.05, 4.69) is 10.5 Å². The summed E-state index contributed by atoms with van der Waals surface area (Å²) in [5, 5.41) is 7.41. The van der Waals surface area contributed by atoms with Gasteiger partial charge < -0.3 is 14.7 Å². The van der Waals surface area contributed by atoms with Crippen molar-refractivity contribution in [1.82, 2.24) is 15.4 Å². The molecule has 0 atom stereocenters. The zero-order valence-corrected chi connectivity index (χ0v) is 13.5. The van der Waals surface area contributed by atoms with Crippen LogP contribution in [0.5, 0.6) is 0 Å². The Bertz CT molecular complexity index is 485. The molecule has 0 radical (unpaired) electrons. The number of rotatable bonds is 2. The predicted octanol–water partition coefficient (Wildman–Crippen LogP) is 2.44. The first kappa shape index (κ1) is 16.3. The summed E-state index contributed by atoms with van der Waals surface area (Å²) in [5.74, 6) is 0.661. The van der Waals surface area contributed by atoms with Gasteiger partial charge in [0, 0.05) is 25.7 Å². The average Bonchev–Trinajstić information content (AvgIpc) is 3.08. The smallest absolute Gasteiger partial charge is 0.292 e. The molecule has 3 heterocycles.